The van der Waals surface area contributed by atoms with E-state index in [-0.39, 0.29) is 23.2 Å². The lowest BCUT2D eigenvalue weighted by Crippen LogP contribution is -2.47. The Morgan fingerprint density at radius 3 is 2.79 bits per heavy atom. The molecule has 2 N–H and O–H groups in total. The van der Waals surface area contributed by atoms with Crippen molar-refractivity contribution < 1.29 is 13.2 Å². The molecule has 1 fully saturated rings. The SMILES string of the molecule is C[C@@]1(NC(=O)CSc2n[nH]c(-c3ccccc3)n2)CCS(=O)(=O)C1. The van der Waals surface area contributed by atoms with Gasteiger partial charge in [-0.25, -0.2) is 13.4 Å². The van der Waals surface area contributed by atoms with Gasteiger partial charge in [0, 0.05) is 5.56 Å². The molecule has 9 heteroatoms. The summed E-state index contributed by atoms with van der Waals surface area (Å²) in [5.41, 5.74) is 0.245. The van der Waals surface area contributed by atoms with Crippen molar-refractivity contribution in [2.45, 2.75) is 24.0 Å². The number of hydrogen-bond donors (Lipinski definition) is 2. The van der Waals surface area contributed by atoms with Crippen molar-refractivity contribution >= 4 is 27.5 Å². The third kappa shape index (κ3) is 4.15. The number of carbonyl (C=O) groups is 1. The number of nitrogens with one attached hydrogen (secondary N) is 2. The minimum absolute atomic E-state index is 0.00475. The maximum Gasteiger partial charge on any atom is 0.230 e. The van der Waals surface area contributed by atoms with E-state index < -0.39 is 15.4 Å². The number of nitrogens with zero attached hydrogens (tertiary/aromatic N) is 2. The fraction of sp³-hybridized carbons (Fsp3) is 0.400. The first kappa shape index (κ1) is 17.0. The van der Waals surface area contributed by atoms with Crippen LogP contribution in [0.3, 0.4) is 0 Å². The highest BCUT2D eigenvalue weighted by atomic mass is 32.2. The second-order valence-electron chi connectivity index (χ2n) is 6.07. The zero-order chi connectivity index (χ0) is 17.2. The molecule has 3 rings (SSSR count). The van der Waals surface area contributed by atoms with Crippen LogP contribution in [0, 0.1) is 0 Å². The highest BCUT2D eigenvalue weighted by Gasteiger charge is 2.39. The van der Waals surface area contributed by atoms with E-state index in [0.29, 0.717) is 17.4 Å². The van der Waals surface area contributed by atoms with Crippen LogP contribution in [0.5, 0.6) is 0 Å². The van der Waals surface area contributed by atoms with E-state index in [2.05, 4.69) is 20.5 Å². The third-order valence-electron chi connectivity index (χ3n) is 3.79. The Hall–Kier alpha value is -1.87. The van der Waals surface area contributed by atoms with Gasteiger partial charge >= 0.3 is 0 Å². The van der Waals surface area contributed by atoms with Gasteiger partial charge in [0.25, 0.3) is 0 Å². The smallest absolute Gasteiger partial charge is 0.230 e. The normalized spacial score (nSPS) is 22.4. The molecule has 0 unspecified atom stereocenters. The molecule has 1 saturated heterocycles. The minimum atomic E-state index is -3.05. The fourth-order valence-corrected chi connectivity index (χ4v) is 5.34. The van der Waals surface area contributed by atoms with Gasteiger partial charge in [0.15, 0.2) is 15.7 Å². The Labute approximate surface area is 144 Å². The van der Waals surface area contributed by atoms with E-state index in [4.69, 9.17) is 0 Å². The molecule has 0 aliphatic carbocycles. The maximum atomic E-state index is 12.1. The van der Waals surface area contributed by atoms with Crippen LogP contribution in [-0.4, -0.2) is 52.3 Å². The number of sulfone groups is 1. The summed E-state index contributed by atoms with van der Waals surface area (Å²) in [5, 5.41) is 10.2. The van der Waals surface area contributed by atoms with Crippen molar-refractivity contribution in [1.82, 2.24) is 20.5 Å². The number of aromatic nitrogens is 3. The van der Waals surface area contributed by atoms with Gasteiger partial charge in [-0.05, 0) is 13.3 Å². The summed E-state index contributed by atoms with van der Waals surface area (Å²) in [5.74, 6) is 0.688. The van der Waals surface area contributed by atoms with Crippen molar-refractivity contribution in [2.75, 3.05) is 17.3 Å². The summed E-state index contributed by atoms with van der Waals surface area (Å²) in [6.07, 6.45) is 0.449. The third-order valence-corrected chi connectivity index (χ3v) is 6.54. The molecule has 0 spiro atoms. The van der Waals surface area contributed by atoms with Crippen molar-refractivity contribution in [2.24, 2.45) is 0 Å². The molecule has 128 valence electrons. The standard InChI is InChI=1S/C15H18N4O3S2/c1-15(7-8-24(21,22)10-15)17-12(20)9-23-14-16-13(18-19-14)11-5-3-2-4-6-11/h2-6H,7-10H2,1H3,(H,17,20)(H,16,18,19)/t15-/m1/s1. The highest BCUT2D eigenvalue weighted by molar-refractivity contribution is 7.99. The molecular weight excluding hydrogens is 348 g/mol. The summed E-state index contributed by atoms with van der Waals surface area (Å²) in [6.45, 7) is 1.76. The number of hydrogen-bond acceptors (Lipinski definition) is 6. The summed E-state index contributed by atoms with van der Waals surface area (Å²) in [6, 6.07) is 9.58. The van der Waals surface area contributed by atoms with E-state index in [1.165, 1.54) is 11.8 Å². The molecule has 2 heterocycles. The second-order valence-corrected chi connectivity index (χ2v) is 9.20. The summed E-state index contributed by atoms with van der Waals surface area (Å²) >= 11 is 1.21. The number of benzene rings is 1. The van der Waals surface area contributed by atoms with Gasteiger partial charge in [0.1, 0.15) is 0 Å². The maximum absolute atomic E-state index is 12.1. The van der Waals surface area contributed by atoms with Crippen LogP contribution in [0.2, 0.25) is 0 Å². The number of rotatable bonds is 5. The van der Waals surface area contributed by atoms with Crippen molar-refractivity contribution in [1.29, 1.82) is 0 Å². The van der Waals surface area contributed by atoms with Gasteiger partial charge in [-0.3, -0.25) is 9.89 Å². The van der Waals surface area contributed by atoms with Crippen LogP contribution >= 0.6 is 11.8 Å². The quantitative estimate of drug-likeness (QED) is 0.772. The first-order valence-electron chi connectivity index (χ1n) is 7.47. The predicted octanol–water partition coefficient (Wildman–Crippen LogP) is 1.26. The number of amides is 1. The molecule has 1 aromatic carbocycles. The number of thioether (sulfide) groups is 1. The molecule has 2 aromatic rings. The lowest BCUT2D eigenvalue weighted by Gasteiger charge is -2.23. The minimum Gasteiger partial charge on any atom is -0.349 e. The van der Waals surface area contributed by atoms with Gasteiger partial charge in [-0.1, -0.05) is 42.1 Å². The molecule has 0 radical (unpaired) electrons. The Morgan fingerprint density at radius 2 is 2.12 bits per heavy atom. The topological polar surface area (TPSA) is 105 Å². The zero-order valence-electron chi connectivity index (χ0n) is 13.2. The average molecular weight is 366 g/mol. The molecule has 1 aliphatic rings. The predicted molar refractivity (Wildman–Crippen MR) is 92.4 cm³/mol. The molecule has 1 atom stereocenters. The highest BCUT2D eigenvalue weighted by Crippen LogP contribution is 2.23. The van der Waals surface area contributed by atoms with Gasteiger partial charge in [-0.2, -0.15) is 0 Å². The van der Waals surface area contributed by atoms with Gasteiger partial charge in [0.05, 0.1) is 22.8 Å². The second kappa shape index (κ2) is 6.56. The van der Waals surface area contributed by atoms with E-state index in [1.807, 2.05) is 30.3 Å². The molecule has 1 amide bonds. The summed E-state index contributed by atoms with van der Waals surface area (Å²) in [4.78, 5) is 16.4. The van der Waals surface area contributed by atoms with E-state index in [9.17, 15) is 13.2 Å². The zero-order valence-corrected chi connectivity index (χ0v) is 14.8. The first-order valence-corrected chi connectivity index (χ1v) is 10.3. The monoisotopic (exact) mass is 366 g/mol. The van der Waals surface area contributed by atoms with Crippen LogP contribution < -0.4 is 5.32 Å². The largest absolute Gasteiger partial charge is 0.349 e. The Morgan fingerprint density at radius 1 is 1.38 bits per heavy atom. The summed E-state index contributed by atoms with van der Waals surface area (Å²) in [7, 11) is -3.05. The van der Waals surface area contributed by atoms with Crippen LogP contribution in [0.4, 0.5) is 0 Å². The first-order chi connectivity index (χ1) is 11.4. The van der Waals surface area contributed by atoms with Crippen molar-refractivity contribution in [3.63, 3.8) is 0 Å². The number of aromatic amines is 1. The van der Waals surface area contributed by atoms with Gasteiger partial charge in [0.2, 0.25) is 11.1 Å². The fourth-order valence-electron chi connectivity index (χ4n) is 2.65. The van der Waals surface area contributed by atoms with E-state index in [0.717, 1.165) is 5.56 Å². The lowest BCUT2D eigenvalue weighted by molar-refractivity contribution is -0.120. The Kier molecular flexibility index (Phi) is 4.64. The van der Waals surface area contributed by atoms with E-state index >= 15 is 0 Å². The van der Waals surface area contributed by atoms with Gasteiger partial charge in [-0.15, -0.1) is 5.10 Å². The van der Waals surface area contributed by atoms with Crippen LogP contribution in [0.1, 0.15) is 13.3 Å². The molecule has 0 bridgehead atoms. The van der Waals surface area contributed by atoms with Crippen molar-refractivity contribution in [3.8, 4) is 11.4 Å². The Balaban J connectivity index is 1.55. The molecule has 24 heavy (non-hydrogen) atoms. The van der Waals surface area contributed by atoms with Crippen LogP contribution in [0.25, 0.3) is 11.4 Å². The van der Waals surface area contributed by atoms with Crippen LogP contribution in [-0.2, 0) is 14.6 Å². The van der Waals surface area contributed by atoms with Crippen molar-refractivity contribution in [3.05, 3.63) is 30.3 Å². The van der Waals surface area contributed by atoms with E-state index in [1.54, 1.807) is 6.92 Å². The Bertz CT molecular complexity index is 835. The van der Waals surface area contributed by atoms with Crippen LogP contribution in [0.15, 0.2) is 35.5 Å². The molecule has 0 saturated carbocycles. The molecular formula is C15H18N4O3S2. The molecule has 1 aromatic heterocycles. The number of carbonyl (C=O) groups excluding carboxylic acids is 1. The number of H-pyrrole nitrogens is 1. The lowest BCUT2D eigenvalue weighted by atomic mass is 10.0. The average Bonchev–Trinajstić information content (AvgIpc) is 3.10. The molecule has 1 aliphatic heterocycles. The summed E-state index contributed by atoms with van der Waals surface area (Å²) < 4.78 is 23.1. The van der Waals surface area contributed by atoms with Gasteiger partial charge < -0.3 is 5.32 Å². The molecule has 7 nitrogen and oxygen atoms in total.